The predicted molar refractivity (Wildman–Crippen MR) is 115 cm³/mol. The van der Waals surface area contributed by atoms with Crippen LogP contribution in [-0.4, -0.2) is 33.0 Å². The van der Waals surface area contributed by atoms with Gasteiger partial charge in [-0.1, -0.05) is 48.9 Å². The van der Waals surface area contributed by atoms with E-state index in [9.17, 15) is 13.2 Å². The van der Waals surface area contributed by atoms with Crippen molar-refractivity contribution in [3.8, 4) is 5.75 Å². The van der Waals surface area contributed by atoms with Crippen LogP contribution in [0.15, 0.2) is 54.6 Å². The minimum Gasteiger partial charge on any atom is -0.476 e. The summed E-state index contributed by atoms with van der Waals surface area (Å²) in [5.41, 5.74) is 1.20. The minimum absolute atomic E-state index is 0.0151. The number of para-hydroxylation sites is 2. The second-order valence-corrected chi connectivity index (χ2v) is 10.5. The lowest BCUT2D eigenvalue weighted by atomic mass is 9.95. The Bertz CT molecular complexity index is 1040. The number of fused-ring (bicyclic) bond motifs is 3. The summed E-state index contributed by atoms with van der Waals surface area (Å²) in [4.78, 5) is 13.0. The molecule has 1 aliphatic heterocycles. The smallest absolute Gasteiger partial charge is 0.263 e. The maximum Gasteiger partial charge on any atom is 0.263 e. The highest BCUT2D eigenvalue weighted by atomic mass is 32.2. The van der Waals surface area contributed by atoms with Crippen molar-refractivity contribution in [3.05, 3.63) is 60.2 Å². The Morgan fingerprint density at radius 1 is 1.03 bits per heavy atom. The molecule has 30 heavy (non-hydrogen) atoms. The molecule has 1 amide bonds. The second-order valence-electron chi connectivity index (χ2n) is 8.64. The van der Waals surface area contributed by atoms with Crippen molar-refractivity contribution >= 4 is 21.6 Å². The number of benzene rings is 2. The molecule has 1 N–H and O–H groups in total. The lowest BCUT2D eigenvalue weighted by Crippen LogP contribution is -2.53. The zero-order chi connectivity index (χ0) is 20.7. The number of nitrogens with zero attached hydrogens (tertiary/aromatic N) is 1. The molecule has 3 aliphatic rings. The fraction of sp³-hybridized carbons (Fsp3) is 0.435. The van der Waals surface area contributed by atoms with E-state index in [-0.39, 0.29) is 24.2 Å². The lowest BCUT2D eigenvalue weighted by molar-refractivity contribution is -0.128. The molecule has 2 fully saturated rings. The highest BCUT2D eigenvalue weighted by Gasteiger charge is 2.42. The average molecular weight is 427 g/mol. The Balaban J connectivity index is 1.38. The van der Waals surface area contributed by atoms with E-state index in [0.717, 1.165) is 12.3 Å². The topological polar surface area (TPSA) is 75.7 Å². The SMILES string of the molecule is O=C(NC1CC2CCC1C2)C1CN(S(=O)(=O)Cc2ccccc2)c2ccccc2O1. The highest BCUT2D eigenvalue weighted by Crippen LogP contribution is 2.44. The number of rotatable bonds is 5. The molecule has 6 nitrogen and oxygen atoms in total. The van der Waals surface area contributed by atoms with E-state index >= 15 is 0 Å². The van der Waals surface area contributed by atoms with Crippen LogP contribution in [0, 0.1) is 11.8 Å². The number of amides is 1. The molecule has 4 atom stereocenters. The van der Waals surface area contributed by atoms with Crippen LogP contribution in [0.5, 0.6) is 5.75 Å². The van der Waals surface area contributed by atoms with Gasteiger partial charge in [-0.2, -0.15) is 0 Å². The molecule has 2 aromatic rings. The zero-order valence-electron chi connectivity index (χ0n) is 16.7. The van der Waals surface area contributed by atoms with Crippen LogP contribution in [-0.2, 0) is 20.6 Å². The molecule has 5 rings (SSSR count). The number of carbonyl (C=O) groups excluding carboxylic acids is 1. The first-order valence-electron chi connectivity index (χ1n) is 10.6. The summed E-state index contributed by atoms with van der Waals surface area (Å²) in [6.07, 6.45) is 3.79. The van der Waals surface area contributed by atoms with E-state index in [1.807, 2.05) is 18.2 Å². The highest BCUT2D eigenvalue weighted by molar-refractivity contribution is 7.92. The number of hydrogen-bond acceptors (Lipinski definition) is 4. The molecule has 158 valence electrons. The van der Waals surface area contributed by atoms with Gasteiger partial charge < -0.3 is 10.1 Å². The summed E-state index contributed by atoms with van der Waals surface area (Å²) in [5.74, 6) is 1.35. The van der Waals surface area contributed by atoms with Crippen molar-refractivity contribution in [2.24, 2.45) is 11.8 Å². The average Bonchev–Trinajstić information content (AvgIpc) is 3.36. The van der Waals surface area contributed by atoms with Gasteiger partial charge in [-0.25, -0.2) is 8.42 Å². The summed E-state index contributed by atoms with van der Waals surface area (Å²) >= 11 is 0. The maximum absolute atomic E-state index is 13.3. The Labute approximate surface area is 177 Å². The minimum atomic E-state index is -3.68. The summed E-state index contributed by atoms with van der Waals surface area (Å²) in [5, 5.41) is 3.15. The fourth-order valence-corrected chi connectivity index (χ4v) is 6.74. The third-order valence-electron chi connectivity index (χ3n) is 6.62. The largest absolute Gasteiger partial charge is 0.476 e. The van der Waals surface area contributed by atoms with Crippen LogP contribution >= 0.6 is 0 Å². The Morgan fingerprint density at radius 3 is 2.53 bits per heavy atom. The predicted octanol–water partition coefficient (Wildman–Crippen LogP) is 3.09. The van der Waals surface area contributed by atoms with Gasteiger partial charge in [-0.15, -0.1) is 0 Å². The van der Waals surface area contributed by atoms with Gasteiger partial charge in [0.05, 0.1) is 18.0 Å². The number of nitrogens with one attached hydrogen (secondary N) is 1. The monoisotopic (exact) mass is 426 g/mol. The van der Waals surface area contributed by atoms with Crippen LogP contribution in [0.3, 0.4) is 0 Å². The molecule has 1 heterocycles. The Kier molecular flexibility index (Phi) is 4.93. The van der Waals surface area contributed by atoms with Gasteiger partial charge in [0.25, 0.3) is 5.91 Å². The van der Waals surface area contributed by atoms with E-state index in [1.54, 1.807) is 36.4 Å². The van der Waals surface area contributed by atoms with Gasteiger partial charge in [-0.3, -0.25) is 9.10 Å². The van der Waals surface area contributed by atoms with Gasteiger partial charge >= 0.3 is 0 Å². The molecular formula is C23H26N2O4S. The van der Waals surface area contributed by atoms with Crippen molar-refractivity contribution in [3.63, 3.8) is 0 Å². The van der Waals surface area contributed by atoms with E-state index in [0.29, 0.717) is 22.9 Å². The molecule has 0 spiro atoms. The quantitative estimate of drug-likeness (QED) is 0.797. The van der Waals surface area contributed by atoms with Crippen molar-refractivity contribution in [1.82, 2.24) is 5.32 Å². The van der Waals surface area contributed by atoms with Crippen LogP contribution in [0.2, 0.25) is 0 Å². The molecule has 4 unspecified atom stereocenters. The van der Waals surface area contributed by atoms with Crippen LogP contribution in [0.25, 0.3) is 0 Å². The zero-order valence-corrected chi connectivity index (χ0v) is 17.6. The van der Waals surface area contributed by atoms with Gasteiger partial charge in [0.15, 0.2) is 6.10 Å². The number of ether oxygens (including phenoxy) is 1. The molecule has 2 bridgehead atoms. The summed E-state index contributed by atoms with van der Waals surface area (Å²) < 4.78 is 33.8. The molecule has 2 aromatic carbocycles. The van der Waals surface area contributed by atoms with Crippen molar-refractivity contribution in [2.45, 2.75) is 43.6 Å². The fourth-order valence-electron chi connectivity index (χ4n) is 5.16. The Morgan fingerprint density at radius 2 is 1.80 bits per heavy atom. The summed E-state index contributed by atoms with van der Waals surface area (Å²) in [7, 11) is -3.68. The van der Waals surface area contributed by atoms with E-state index in [1.165, 1.54) is 23.6 Å². The van der Waals surface area contributed by atoms with E-state index in [4.69, 9.17) is 4.74 Å². The first kappa shape index (κ1) is 19.4. The van der Waals surface area contributed by atoms with Crippen molar-refractivity contribution < 1.29 is 17.9 Å². The summed E-state index contributed by atoms with van der Waals surface area (Å²) in [6.45, 7) is -0.0151. The van der Waals surface area contributed by atoms with Crippen LogP contribution in [0.4, 0.5) is 5.69 Å². The molecule has 0 saturated heterocycles. The number of sulfonamides is 1. The number of hydrogen-bond donors (Lipinski definition) is 1. The second kappa shape index (κ2) is 7.61. The first-order valence-corrected chi connectivity index (χ1v) is 12.2. The van der Waals surface area contributed by atoms with Gasteiger partial charge in [0.2, 0.25) is 10.0 Å². The van der Waals surface area contributed by atoms with Gasteiger partial charge in [0, 0.05) is 6.04 Å². The number of anilines is 1. The van der Waals surface area contributed by atoms with Gasteiger partial charge in [0.1, 0.15) is 5.75 Å². The standard InChI is InChI=1S/C23H26N2O4S/c26-23(24-19-13-17-10-11-18(19)12-17)22-14-25(20-8-4-5-9-21(20)29-22)30(27,28)15-16-6-2-1-3-7-16/h1-9,17-19,22H,10-15H2,(H,24,26). The third-order valence-corrected chi connectivity index (χ3v) is 8.34. The molecule has 0 aromatic heterocycles. The Hall–Kier alpha value is -2.54. The van der Waals surface area contributed by atoms with Crippen molar-refractivity contribution in [1.29, 1.82) is 0 Å². The molecule has 2 aliphatic carbocycles. The third kappa shape index (κ3) is 3.67. The van der Waals surface area contributed by atoms with E-state index < -0.39 is 16.1 Å². The van der Waals surface area contributed by atoms with Crippen LogP contribution in [0.1, 0.15) is 31.2 Å². The first-order chi connectivity index (χ1) is 14.5. The molecule has 0 radical (unpaired) electrons. The normalized spacial score (nSPS) is 27.4. The molecule has 2 saturated carbocycles. The number of carbonyl (C=O) groups is 1. The molecule has 7 heteroatoms. The van der Waals surface area contributed by atoms with Gasteiger partial charge in [-0.05, 0) is 48.8 Å². The molecular weight excluding hydrogens is 400 g/mol. The van der Waals surface area contributed by atoms with E-state index in [2.05, 4.69) is 5.32 Å². The van der Waals surface area contributed by atoms with Crippen LogP contribution < -0.4 is 14.4 Å². The van der Waals surface area contributed by atoms with Crippen molar-refractivity contribution in [2.75, 3.05) is 10.8 Å². The maximum atomic E-state index is 13.3. The lowest BCUT2D eigenvalue weighted by Gasteiger charge is -2.35. The summed E-state index contributed by atoms with van der Waals surface area (Å²) in [6, 6.07) is 16.3.